The molecule has 0 spiro atoms. The van der Waals surface area contributed by atoms with Crippen LogP contribution in [0.3, 0.4) is 0 Å². The van der Waals surface area contributed by atoms with Gasteiger partial charge in [0.2, 0.25) is 0 Å². The van der Waals surface area contributed by atoms with Crippen molar-refractivity contribution in [1.82, 2.24) is 0 Å². The molecule has 0 fully saturated rings. The minimum Gasteiger partial charge on any atom is -0.412 e. The predicted octanol–water partition coefficient (Wildman–Crippen LogP) is -0.743. The second-order valence-electron chi connectivity index (χ2n) is 0. The molecule has 5 heavy (non-hydrogen) atoms. The number of rotatable bonds is 0. The Hall–Kier alpha value is 1.36. The second-order valence-corrected chi connectivity index (χ2v) is 0. The molecule has 0 amide bonds. The Bertz CT molecular complexity index is 6.85. The Morgan fingerprint density at radius 3 is 0.600 bits per heavy atom. The lowest BCUT2D eigenvalue weighted by atomic mass is 16.0. The highest BCUT2D eigenvalue weighted by Crippen LogP contribution is 0.692. The molecular weight excluding hydrogens is 149 g/mol. The van der Waals surface area contributed by atoms with E-state index in [9.17, 15) is 0 Å². The van der Waals surface area contributed by atoms with E-state index in [1.807, 2.05) is 0 Å². The summed E-state index contributed by atoms with van der Waals surface area (Å²) in [5.74, 6) is 0. The summed E-state index contributed by atoms with van der Waals surface area (Å²) in [6.45, 7) is 0. The molecular formula is H8AlCl3O. The summed E-state index contributed by atoms with van der Waals surface area (Å²) in [6, 6.07) is 0. The Labute approximate surface area is 60.2 Å². The molecule has 2 N–H and O–H groups in total. The standard InChI is InChI=1S/Al.3ClH.H2O.3H/h;3*1H;1H2;;;. The van der Waals surface area contributed by atoms with Crippen LogP contribution in [-0.2, 0) is 0 Å². The van der Waals surface area contributed by atoms with Gasteiger partial charge in [-0.15, -0.1) is 37.2 Å². The molecule has 0 atom stereocenters. The van der Waals surface area contributed by atoms with E-state index in [1.165, 1.54) is 0 Å². The average molecular weight is 157 g/mol. The van der Waals surface area contributed by atoms with Crippen LogP contribution in [0.4, 0.5) is 0 Å². The Kier molecular flexibility index (Phi) is 1080. The fourth-order valence-corrected chi connectivity index (χ4v) is 0. The maximum atomic E-state index is 0. The van der Waals surface area contributed by atoms with E-state index in [2.05, 4.69) is 0 Å². The van der Waals surface area contributed by atoms with E-state index in [1.54, 1.807) is 0 Å². The molecule has 0 aromatic carbocycles. The summed E-state index contributed by atoms with van der Waals surface area (Å²) >= 11 is 0. The van der Waals surface area contributed by atoms with Crippen LogP contribution in [0.15, 0.2) is 0 Å². The normalized spacial score (nSPS) is 0. The molecule has 0 bridgehead atoms. The fraction of sp³-hybridized carbons (Fsp3) is 0. The third-order valence-electron chi connectivity index (χ3n) is 0. The maximum absolute atomic E-state index is 0. The van der Waals surface area contributed by atoms with E-state index in [0.717, 1.165) is 0 Å². The first-order valence-electron chi connectivity index (χ1n) is 0. The molecule has 0 aliphatic heterocycles. The monoisotopic (exact) mass is 156 g/mol. The van der Waals surface area contributed by atoms with Gasteiger partial charge in [-0.3, -0.25) is 0 Å². The SMILES string of the molecule is Cl.Cl.Cl.O.[AlH3]. The summed E-state index contributed by atoms with van der Waals surface area (Å²) in [6.07, 6.45) is 0. The van der Waals surface area contributed by atoms with Gasteiger partial charge in [0, 0.05) is 0 Å². The maximum Gasteiger partial charge on any atom is 0.187 e. The average Bonchev–Trinajstić information content (AvgIpc) is 0. The van der Waals surface area contributed by atoms with Crippen LogP contribution >= 0.6 is 37.2 Å². The lowest BCUT2D eigenvalue weighted by molar-refractivity contribution is 0.824. The Morgan fingerprint density at radius 1 is 0.600 bits per heavy atom. The predicted molar refractivity (Wildman–Crippen MR) is 35.3 cm³/mol. The molecule has 0 saturated carbocycles. The molecule has 0 rings (SSSR count). The number of hydrogen-bond donors (Lipinski definition) is 0. The van der Waals surface area contributed by atoms with Crippen molar-refractivity contribution >= 4 is 54.6 Å². The van der Waals surface area contributed by atoms with Gasteiger partial charge in [-0.05, 0) is 0 Å². The van der Waals surface area contributed by atoms with Crippen LogP contribution in [0.1, 0.15) is 0 Å². The van der Waals surface area contributed by atoms with Crippen LogP contribution in [-0.4, -0.2) is 22.8 Å². The lowest BCUT2D eigenvalue weighted by Crippen LogP contribution is -0.381. The highest BCUT2D eigenvalue weighted by molar-refractivity contribution is 5.86. The lowest BCUT2D eigenvalue weighted by Gasteiger charge is -0.412. The molecule has 0 heterocycles. The van der Waals surface area contributed by atoms with E-state index < -0.39 is 0 Å². The topological polar surface area (TPSA) is 31.5 Å². The molecule has 0 aromatic heterocycles. The summed E-state index contributed by atoms with van der Waals surface area (Å²) in [7, 11) is 0. The molecule has 1 nitrogen and oxygen atoms in total. The Balaban J connectivity index is 0. The van der Waals surface area contributed by atoms with Crippen molar-refractivity contribution in [3.8, 4) is 0 Å². The molecule has 0 unspecified atom stereocenters. The largest absolute Gasteiger partial charge is 0.412 e. The number of halogens is 3. The van der Waals surface area contributed by atoms with Crippen molar-refractivity contribution in [2.45, 2.75) is 0 Å². The van der Waals surface area contributed by atoms with E-state index in [4.69, 9.17) is 0 Å². The molecule has 0 radical (unpaired) electrons. The zero-order chi connectivity index (χ0) is 0. The highest BCUT2D eigenvalue weighted by atomic mass is 35.5. The van der Waals surface area contributed by atoms with E-state index in [-0.39, 0.29) is 60.1 Å². The van der Waals surface area contributed by atoms with Gasteiger partial charge in [0.1, 0.15) is 0 Å². The van der Waals surface area contributed by atoms with E-state index in [0.29, 0.717) is 0 Å². The zero-order valence-corrected chi connectivity index (χ0v) is 4.17. The van der Waals surface area contributed by atoms with Crippen LogP contribution in [0.2, 0.25) is 0 Å². The second kappa shape index (κ2) is 55.0. The molecule has 0 saturated heterocycles. The summed E-state index contributed by atoms with van der Waals surface area (Å²) in [5, 5.41) is 0. The molecule has 0 aromatic rings. The van der Waals surface area contributed by atoms with Crippen molar-refractivity contribution in [1.29, 1.82) is 0 Å². The summed E-state index contributed by atoms with van der Waals surface area (Å²) in [5.41, 5.74) is 0. The fourth-order valence-electron chi connectivity index (χ4n) is 0. The van der Waals surface area contributed by atoms with Gasteiger partial charge in [0.25, 0.3) is 0 Å². The first-order valence-corrected chi connectivity index (χ1v) is 0. The van der Waals surface area contributed by atoms with Crippen LogP contribution in [0, 0.1) is 0 Å². The van der Waals surface area contributed by atoms with Gasteiger partial charge in [0.15, 0.2) is 17.4 Å². The summed E-state index contributed by atoms with van der Waals surface area (Å²) in [4.78, 5) is 0. The smallest absolute Gasteiger partial charge is 0.187 e. The van der Waals surface area contributed by atoms with Crippen molar-refractivity contribution in [2.75, 3.05) is 0 Å². The van der Waals surface area contributed by atoms with Crippen LogP contribution < -0.4 is 0 Å². The van der Waals surface area contributed by atoms with Crippen molar-refractivity contribution in [2.24, 2.45) is 0 Å². The molecule has 0 aliphatic carbocycles. The van der Waals surface area contributed by atoms with E-state index >= 15 is 0 Å². The molecule has 0 aliphatic rings. The minimum atomic E-state index is 0. The number of hydrogen-bond acceptors (Lipinski definition) is 0. The first-order chi connectivity index (χ1) is 0. The Morgan fingerprint density at radius 2 is 0.600 bits per heavy atom. The van der Waals surface area contributed by atoms with Gasteiger partial charge in [0.05, 0.1) is 0 Å². The van der Waals surface area contributed by atoms with Crippen LogP contribution in [0.5, 0.6) is 0 Å². The zero-order valence-electron chi connectivity index (χ0n) is 1.72. The summed E-state index contributed by atoms with van der Waals surface area (Å²) < 4.78 is 0. The first kappa shape index (κ1) is 98.6. The highest BCUT2D eigenvalue weighted by Gasteiger charge is 0.187. The van der Waals surface area contributed by atoms with Gasteiger partial charge in [-0.2, -0.15) is 0 Å². The van der Waals surface area contributed by atoms with Gasteiger partial charge >= 0.3 is 0 Å². The van der Waals surface area contributed by atoms with Gasteiger partial charge in [-0.1, -0.05) is 0 Å². The van der Waals surface area contributed by atoms with Gasteiger partial charge < -0.3 is 5.48 Å². The van der Waals surface area contributed by atoms with Crippen molar-refractivity contribution in [3.63, 3.8) is 0 Å². The molecule has 38 valence electrons. The third kappa shape index (κ3) is 32.7. The third-order valence-corrected chi connectivity index (χ3v) is 0. The quantitative estimate of drug-likeness (QED) is 0.415. The minimum absolute atomic E-state index is 0. The van der Waals surface area contributed by atoms with Crippen LogP contribution in [0.25, 0.3) is 0 Å². The van der Waals surface area contributed by atoms with Crippen molar-refractivity contribution < 1.29 is 5.48 Å². The van der Waals surface area contributed by atoms with Gasteiger partial charge in [-0.25, -0.2) is 0 Å². The molecule has 5 heteroatoms. The van der Waals surface area contributed by atoms with Crippen molar-refractivity contribution in [3.05, 3.63) is 0 Å².